The minimum absolute atomic E-state index is 0.0586. The summed E-state index contributed by atoms with van der Waals surface area (Å²) in [6.07, 6.45) is 5.72. The van der Waals surface area contributed by atoms with Crippen LogP contribution < -0.4 is 14.8 Å². The highest BCUT2D eigenvalue weighted by atomic mass is 35.5. The van der Waals surface area contributed by atoms with Gasteiger partial charge in [0.05, 0.1) is 18.6 Å². The Morgan fingerprint density at radius 3 is 2.63 bits per heavy atom. The van der Waals surface area contributed by atoms with Crippen molar-refractivity contribution in [1.82, 2.24) is 10.3 Å². The standard InChI is InChI=1S/C21H25ClN2O3/c1-14-11-15(3-9-19(14)26-2)12-20(25)24-17-5-7-18(8-6-17)27-21-10-4-16(22)13-23-21/h3-4,9-11,13,17-18H,5-8,12H2,1-2H3,(H,24,25). The third-order valence-corrected chi connectivity index (χ3v) is 5.07. The highest BCUT2D eigenvalue weighted by Gasteiger charge is 2.24. The van der Waals surface area contributed by atoms with Gasteiger partial charge in [0.25, 0.3) is 0 Å². The zero-order valence-corrected chi connectivity index (χ0v) is 16.5. The van der Waals surface area contributed by atoms with Crippen LogP contribution in [0.2, 0.25) is 5.02 Å². The van der Waals surface area contributed by atoms with Crippen molar-refractivity contribution in [2.75, 3.05) is 7.11 Å². The number of hydrogen-bond donors (Lipinski definition) is 1. The van der Waals surface area contributed by atoms with Gasteiger partial charge in [-0.2, -0.15) is 0 Å². The Kier molecular flexibility index (Phi) is 6.56. The molecule has 0 unspecified atom stereocenters. The first-order valence-electron chi connectivity index (χ1n) is 9.24. The van der Waals surface area contributed by atoms with Gasteiger partial charge in [-0.05, 0) is 55.9 Å². The maximum atomic E-state index is 12.4. The Bertz CT molecular complexity index is 771. The fourth-order valence-electron chi connectivity index (χ4n) is 3.44. The van der Waals surface area contributed by atoms with Crippen molar-refractivity contribution >= 4 is 17.5 Å². The fraction of sp³-hybridized carbons (Fsp3) is 0.429. The number of pyridine rings is 1. The largest absolute Gasteiger partial charge is 0.496 e. The molecule has 1 aliphatic carbocycles. The number of benzene rings is 1. The zero-order chi connectivity index (χ0) is 19.2. The van der Waals surface area contributed by atoms with Crippen molar-refractivity contribution in [3.05, 3.63) is 52.7 Å². The van der Waals surface area contributed by atoms with Gasteiger partial charge in [-0.25, -0.2) is 4.98 Å². The molecule has 1 aromatic carbocycles. The summed E-state index contributed by atoms with van der Waals surface area (Å²) in [6.45, 7) is 1.98. The van der Waals surface area contributed by atoms with E-state index in [1.165, 1.54) is 0 Å². The number of aromatic nitrogens is 1. The number of methoxy groups -OCH3 is 1. The van der Waals surface area contributed by atoms with Crippen molar-refractivity contribution < 1.29 is 14.3 Å². The minimum atomic E-state index is 0.0586. The van der Waals surface area contributed by atoms with Crippen LogP contribution >= 0.6 is 11.6 Å². The summed E-state index contributed by atoms with van der Waals surface area (Å²) in [5.74, 6) is 1.50. The number of amides is 1. The van der Waals surface area contributed by atoms with Gasteiger partial charge in [0, 0.05) is 18.3 Å². The maximum absolute atomic E-state index is 12.4. The van der Waals surface area contributed by atoms with Crippen molar-refractivity contribution in [2.45, 2.75) is 51.2 Å². The van der Waals surface area contributed by atoms with E-state index in [2.05, 4.69) is 10.3 Å². The Balaban J connectivity index is 1.43. The molecule has 0 aliphatic heterocycles. The molecule has 144 valence electrons. The van der Waals surface area contributed by atoms with Crippen LogP contribution in [-0.2, 0) is 11.2 Å². The molecule has 6 heteroatoms. The third kappa shape index (κ3) is 5.60. The Morgan fingerprint density at radius 2 is 2.00 bits per heavy atom. The first-order chi connectivity index (χ1) is 13.0. The lowest BCUT2D eigenvalue weighted by molar-refractivity contribution is -0.121. The lowest BCUT2D eigenvalue weighted by atomic mass is 9.92. The number of rotatable bonds is 6. The van der Waals surface area contributed by atoms with E-state index >= 15 is 0 Å². The monoisotopic (exact) mass is 388 g/mol. The van der Waals surface area contributed by atoms with Crippen LogP contribution in [0.25, 0.3) is 0 Å². The number of aryl methyl sites for hydroxylation is 1. The summed E-state index contributed by atoms with van der Waals surface area (Å²) >= 11 is 5.84. The molecule has 0 atom stereocenters. The van der Waals surface area contributed by atoms with E-state index < -0.39 is 0 Å². The maximum Gasteiger partial charge on any atom is 0.224 e. The first-order valence-corrected chi connectivity index (χ1v) is 9.62. The van der Waals surface area contributed by atoms with E-state index in [-0.39, 0.29) is 18.1 Å². The molecular weight excluding hydrogens is 364 g/mol. The first kappa shape index (κ1) is 19.5. The molecule has 1 N–H and O–H groups in total. The molecule has 0 saturated heterocycles. The minimum Gasteiger partial charge on any atom is -0.496 e. The molecule has 2 aromatic rings. The summed E-state index contributed by atoms with van der Waals surface area (Å²) in [6, 6.07) is 9.61. The van der Waals surface area contributed by atoms with Gasteiger partial charge in [-0.3, -0.25) is 4.79 Å². The van der Waals surface area contributed by atoms with Crippen molar-refractivity contribution in [3.8, 4) is 11.6 Å². The van der Waals surface area contributed by atoms with Gasteiger partial charge in [-0.15, -0.1) is 0 Å². The predicted molar refractivity (Wildman–Crippen MR) is 105 cm³/mol. The number of carbonyl (C=O) groups excluding carboxylic acids is 1. The van der Waals surface area contributed by atoms with Crippen LogP contribution in [0.3, 0.4) is 0 Å². The predicted octanol–water partition coefficient (Wildman–Crippen LogP) is 4.10. The molecule has 1 amide bonds. The fourth-order valence-corrected chi connectivity index (χ4v) is 3.55. The molecular formula is C21H25ClN2O3. The van der Waals surface area contributed by atoms with E-state index in [0.717, 1.165) is 42.6 Å². The molecule has 0 radical (unpaired) electrons. The summed E-state index contributed by atoms with van der Waals surface area (Å²) in [7, 11) is 1.65. The molecule has 27 heavy (non-hydrogen) atoms. The number of halogens is 1. The topological polar surface area (TPSA) is 60.5 Å². The Labute approximate surface area is 165 Å². The lowest BCUT2D eigenvalue weighted by Crippen LogP contribution is -2.40. The van der Waals surface area contributed by atoms with Crippen LogP contribution in [-0.4, -0.2) is 30.1 Å². The number of ether oxygens (including phenoxy) is 2. The summed E-state index contributed by atoms with van der Waals surface area (Å²) in [5, 5.41) is 3.75. The molecule has 1 saturated carbocycles. The average Bonchev–Trinajstić information content (AvgIpc) is 2.65. The average molecular weight is 389 g/mol. The van der Waals surface area contributed by atoms with Gasteiger partial charge in [-0.1, -0.05) is 23.7 Å². The molecule has 0 bridgehead atoms. The highest BCUT2D eigenvalue weighted by Crippen LogP contribution is 2.24. The van der Waals surface area contributed by atoms with Crippen LogP contribution in [0.1, 0.15) is 36.8 Å². The van der Waals surface area contributed by atoms with Gasteiger partial charge in [0.2, 0.25) is 11.8 Å². The Morgan fingerprint density at radius 1 is 1.22 bits per heavy atom. The third-order valence-electron chi connectivity index (χ3n) is 4.85. The second kappa shape index (κ2) is 9.09. The molecule has 1 heterocycles. The second-order valence-corrected chi connectivity index (χ2v) is 7.39. The van der Waals surface area contributed by atoms with E-state index in [1.807, 2.05) is 25.1 Å². The molecule has 1 fully saturated rings. The van der Waals surface area contributed by atoms with Crippen LogP contribution in [0, 0.1) is 6.92 Å². The normalized spacial score (nSPS) is 19.4. The molecule has 1 aromatic heterocycles. The Hall–Kier alpha value is -2.27. The number of carbonyl (C=O) groups is 1. The lowest BCUT2D eigenvalue weighted by Gasteiger charge is -2.29. The zero-order valence-electron chi connectivity index (χ0n) is 15.7. The van der Waals surface area contributed by atoms with Crippen LogP contribution in [0.5, 0.6) is 11.6 Å². The SMILES string of the molecule is COc1ccc(CC(=O)NC2CCC(Oc3ccc(Cl)cn3)CC2)cc1C. The van der Waals surface area contributed by atoms with Crippen LogP contribution in [0.4, 0.5) is 0 Å². The van der Waals surface area contributed by atoms with Gasteiger partial charge >= 0.3 is 0 Å². The second-order valence-electron chi connectivity index (χ2n) is 6.95. The van der Waals surface area contributed by atoms with Gasteiger partial charge < -0.3 is 14.8 Å². The van der Waals surface area contributed by atoms with E-state index in [4.69, 9.17) is 21.1 Å². The molecule has 1 aliphatic rings. The number of nitrogens with one attached hydrogen (secondary N) is 1. The van der Waals surface area contributed by atoms with E-state index in [9.17, 15) is 4.79 Å². The van der Waals surface area contributed by atoms with Crippen molar-refractivity contribution in [2.24, 2.45) is 0 Å². The van der Waals surface area contributed by atoms with Crippen molar-refractivity contribution in [1.29, 1.82) is 0 Å². The van der Waals surface area contributed by atoms with E-state index in [0.29, 0.717) is 17.3 Å². The van der Waals surface area contributed by atoms with Crippen LogP contribution in [0.15, 0.2) is 36.5 Å². The number of hydrogen-bond acceptors (Lipinski definition) is 4. The highest BCUT2D eigenvalue weighted by molar-refractivity contribution is 6.30. The molecule has 0 spiro atoms. The van der Waals surface area contributed by atoms with E-state index in [1.54, 1.807) is 25.4 Å². The quantitative estimate of drug-likeness (QED) is 0.809. The summed E-state index contributed by atoms with van der Waals surface area (Å²) in [4.78, 5) is 16.5. The van der Waals surface area contributed by atoms with Crippen molar-refractivity contribution in [3.63, 3.8) is 0 Å². The van der Waals surface area contributed by atoms with Gasteiger partial charge in [0.1, 0.15) is 11.9 Å². The number of nitrogens with zero attached hydrogens (tertiary/aromatic N) is 1. The summed E-state index contributed by atoms with van der Waals surface area (Å²) in [5.41, 5.74) is 2.04. The molecule has 3 rings (SSSR count). The smallest absolute Gasteiger partial charge is 0.224 e. The van der Waals surface area contributed by atoms with Gasteiger partial charge in [0.15, 0.2) is 0 Å². The summed E-state index contributed by atoms with van der Waals surface area (Å²) < 4.78 is 11.2. The molecule has 5 nitrogen and oxygen atoms in total.